The molecule has 3 nitrogen and oxygen atoms in total. The summed E-state index contributed by atoms with van der Waals surface area (Å²) in [6.07, 6.45) is 0.972. The molecule has 0 saturated heterocycles. The Balaban J connectivity index is 2.81. The summed E-state index contributed by atoms with van der Waals surface area (Å²) in [6.45, 7) is 4.28. The molecule has 15 heavy (non-hydrogen) atoms. The lowest BCUT2D eigenvalue weighted by atomic mass is 10.0. The van der Waals surface area contributed by atoms with E-state index >= 15 is 0 Å². The van der Waals surface area contributed by atoms with Crippen LogP contribution in [0.1, 0.15) is 28.4 Å². The number of benzene rings is 1. The normalized spacial score (nSPS) is 10.1. The number of aliphatic hydroxyl groups excluding tert-OH is 1. The number of aliphatic hydroxyl groups is 1. The monoisotopic (exact) mass is 207 g/mol. The summed E-state index contributed by atoms with van der Waals surface area (Å²) in [5, 5.41) is 11.2. The third-order valence-corrected chi connectivity index (χ3v) is 2.34. The number of carbonyl (C=O) groups excluding carboxylic acids is 1. The van der Waals surface area contributed by atoms with Crippen LogP contribution in [0.15, 0.2) is 18.2 Å². The Bertz CT molecular complexity index is 347. The maximum Gasteiger partial charge on any atom is 0.251 e. The molecule has 1 aromatic rings. The molecule has 0 aliphatic rings. The highest BCUT2D eigenvalue weighted by atomic mass is 16.3. The van der Waals surface area contributed by atoms with Gasteiger partial charge in [0.1, 0.15) is 0 Å². The van der Waals surface area contributed by atoms with Crippen molar-refractivity contribution in [1.82, 2.24) is 5.32 Å². The van der Waals surface area contributed by atoms with Crippen molar-refractivity contribution in [3.63, 3.8) is 0 Å². The number of hydrogen-bond acceptors (Lipinski definition) is 2. The van der Waals surface area contributed by atoms with Gasteiger partial charge in [0, 0.05) is 12.1 Å². The third kappa shape index (κ3) is 3.06. The lowest BCUT2D eigenvalue weighted by molar-refractivity contribution is 0.0944. The van der Waals surface area contributed by atoms with E-state index in [0.717, 1.165) is 12.0 Å². The quantitative estimate of drug-likeness (QED) is 0.781. The molecule has 0 heterocycles. The SMILES string of the molecule is CCc1ccc(C(=O)NCCO)c(C)c1. The van der Waals surface area contributed by atoms with Gasteiger partial charge in [0.2, 0.25) is 0 Å². The molecule has 0 aliphatic carbocycles. The zero-order chi connectivity index (χ0) is 11.3. The molecular formula is C12H17NO2. The van der Waals surface area contributed by atoms with Crippen molar-refractivity contribution in [2.45, 2.75) is 20.3 Å². The first kappa shape index (κ1) is 11.7. The first-order valence-corrected chi connectivity index (χ1v) is 5.17. The average molecular weight is 207 g/mol. The fourth-order valence-electron chi connectivity index (χ4n) is 1.47. The van der Waals surface area contributed by atoms with Crippen LogP contribution in [0.4, 0.5) is 0 Å². The summed E-state index contributed by atoms with van der Waals surface area (Å²) in [5.41, 5.74) is 2.89. The van der Waals surface area contributed by atoms with Crippen molar-refractivity contribution >= 4 is 5.91 Å². The Labute approximate surface area is 90.1 Å². The molecule has 82 valence electrons. The molecule has 2 N–H and O–H groups in total. The lowest BCUT2D eigenvalue weighted by Gasteiger charge is -2.07. The van der Waals surface area contributed by atoms with E-state index < -0.39 is 0 Å². The van der Waals surface area contributed by atoms with Crippen molar-refractivity contribution in [1.29, 1.82) is 0 Å². The van der Waals surface area contributed by atoms with Crippen molar-refractivity contribution in [3.05, 3.63) is 34.9 Å². The Morgan fingerprint density at radius 3 is 2.73 bits per heavy atom. The van der Waals surface area contributed by atoms with Crippen molar-refractivity contribution in [2.24, 2.45) is 0 Å². The Hall–Kier alpha value is -1.35. The van der Waals surface area contributed by atoms with E-state index in [-0.39, 0.29) is 12.5 Å². The molecule has 1 amide bonds. The molecule has 1 rings (SSSR count). The van der Waals surface area contributed by atoms with Crippen molar-refractivity contribution in [3.8, 4) is 0 Å². The molecule has 0 fully saturated rings. The van der Waals surface area contributed by atoms with Gasteiger partial charge in [-0.1, -0.05) is 19.1 Å². The zero-order valence-electron chi connectivity index (χ0n) is 9.21. The van der Waals surface area contributed by atoms with Crippen LogP contribution >= 0.6 is 0 Å². The highest BCUT2D eigenvalue weighted by Crippen LogP contribution is 2.11. The van der Waals surface area contributed by atoms with E-state index in [9.17, 15) is 4.79 Å². The number of nitrogens with one attached hydrogen (secondary N) is 1. The summed E-state index contributed by atoms with van der Waals surface area (Å²) in [4.78, 5) is 11.6. The summed E-state index contributed by atoms with van der Waals surface area (Å²) in [6, 6.07) is 5.82. The minimum absolute atomic E-state index is 0.0299. The molecule has 0 radical (unpaired) electrons. The molecule has 0 aromatic heterocycles. The average Bonchev–Trinajstić information content (AvgIpc) is 2.25. The molecule has 0 saturated carbocycles. The van der Waals surface area contributed by atoms with E-state index in [0.29, 0.717) is 12.1 Å². The van der Waals surface area contributed by atoms with E-state index in [4.69, 9.17) is 5.11 Å². The van der Waals surface area contributed by atoms with Gasteiger partial charge in [0.15, 0.2) is 0 Å². The minimum Gasteiger partial charge on any atom is -0.395 e. The van der Waals surface area contributed by atoms with Gasteiger partial charge in [0.05, 0.1) is 6.61 Å². The van der Waals surface area contributed by atoms with E-state index in [1.165, 1.54) is 5.56 Å². The van der Waals surface area contributed by atoms with Crippen LogP contribution in [0, 0.1) is 6.92 Å². The fraction of sp³-hybridized carbons (Fsp3) is 0.417. The number of aryl methyl sites for hydroxylation is 2. The Morgan fingerprint density at radius 2 is 2.20 bits per heavy atom. The van der Waals surface area contributed by atoms with Crippen molar-refractivity contribution < 1.29 is 9.90 Å². The summed E-state index contributed by atoms with van der Waals surface area (Å²) in [5.74, 6) is -0.121. The molecule has 3 heteroatoms. The van der Waals surface area contributed by atoms with Crippen LogP contribution < -0.4 is 5.32 Å². The summed E-state index contributed by atoms with van der Waals surface area (Å²) >= 11 is 0. The van der Waals surface area contributed by atoms with Crippen LogP contribution in [0.5, 0.6) is 0 Å². The Morgan fingerprint density at radius 1 is 1.47 bits per heavy atom. The van der Waals surface area contributed by atoms with Gasteiger partial charge in [0.25, 0.3) is 5.91 Å². The van der Waals surface area contributed by atoms with Crippen LogP contribution in [0.3, 0.4) is 0 Å². The maximum atomic E-state index is 11.6. The zero-order valence-corrected chi connectivity index (χ0v) is 9.21. The van der Waals surface area contributed by atoms with Crippen LogP contribution in [-0.2, 0) is 6.42 Å². The molecule has 0 aliphatic heterocycles. The lowest BCUT2D eigenvalue weighted by Crippen LogP contribution is -2.27. The third-order valence-electron chi connectivity index (χ3n) is 2.34. The van der Waals surface area contributed by atoms with Gasteiger partial charge in [-0.15, -0.1) is 0 Å². The number of rotatable bonds is 4. The largest absolute Gasteiger partial charge is 0.395 e. The molecule has 0 atom stereocenters. The highest BCUT2D eigenvalue weighted by molar-refractivity contribution is 5.95. The van der Waals surface area contributed by atoms with Crippen LogP contribution in [0.25, 0.3) is 0 Å². The number of carbonyl (C=O) groups is 1. The van der Waals surface area contributed by atoms with E-state index in [1.807, 2.05) is 25.1 Å². The van der Waals surface area contributed by atoms with Gasteiger partial charge in [-0.25, -0.2) is 0 Å². The first-order valence-electron chi connectivity index (χ1n) is 5.17. The number of amides is 1. The first-order chi connectivity index (χ1) is 7.19. The molecule has 1 aromatic carbocycles. The fourth-order valence-corrected chi connectivity index (χ4v) is 1.47. The van der Waals surface area contributed by atoms with E-state index in [1.54, 1.807) is 0 Å². The van der Waals surface area contributed by atoms with Crippen LogP contribution in [0.2, 0.25) is 0 Å². The van der Waals surface area contributed by atoms with Gasteiger partial charge < -0.3 is 10.4 Å². The molecule has 0 unspecified atom stereocenters. The molecule has 0 bridgehead atoms. The number of hydrogen-bond donors (Lipinski definition) is 2. The smallest absolute Gasteiger partial charge is 0.251 e. The predicted molar refractivity (Wildman–Crippen MR) is 60.0 cm³/mol. The maximum absolute atomic E-state index is 11.6. The van der Waals surface area contributed by atoms with Gasteiger partial charge >= 0.3 is 0 Å². The minimum atomic E-state index is -0.121. The predicted octanol–water partition coefficient (Wildman–Crippen LogP) is 1.28. The second-order valence-electron chi connectivity index (χ2n) is 3.48. The standard InChI is InChI=1S/C12H17NO2/c1-3-10-4-5-11(9(2)8-10)12(15)13-6-7-14/h4-5,8,14H,3,6-7H2,1-2H3,(H,13,15). The van der Waals surface area contributed by atoms with Gasteiger partial charge in [-0.2, -0.15) is 0 Å². The second-order valence-corrected chi connectivity index (χ2v) is 3.48. The van der Waals surface area contributed by atoms with Gasteiger partial charge in [-0.05, 0) is 30.5 Å². The van der Waals surface area contributed by atoms with Gasteiger partial charge in [-0.3, -0.25) is 4.79 Å². The molecular weight excluding hydrogens is 190 g/mol. The second kappa shape index (κ2) is 5.51. The summed E-state index contributed by atoms with van der Waals surface area (Å²) in [7, 11) is 0. The van der Waals surface area contributed by atoms with E-state index in [2.05, 4.69) is 12.2 Å². The van der Waals surface area contributed by atoms with Crippen LogP contribution in [-0.4, -0.2) is 24.2 Å². The Kier molecular flexibility index (Phi) is 4.31. The summed E-state index contributed by atoms with van der Waals surface area (Å²) < 4.78 is 0. The molecule has 0 spiro atoms. The highest BCUT2D eigenvalue weighted by Gasteiger charge is 2.07. The topological polar surface area (TPSA) is 49.3 Å². The van der Waals surface area contributed by atoms with Crippen molar-refractivity contribution in [2.75, 3.05) is 13.2 Å².